The molecule has 2 aromatic heterocycles. The van der Waals surface area contributed by atoms with E-state index in [4.69, 9.17) is 0 Å². The molecule has 3 nitrogen and oxygen atoms in total. The Hall–Kier alpha value is -1.29. The van der Waals surface area contributed by atoms with Crippen molar-refractivity contribution in [2.45, 2.75) is 13.8 Å². The largest absolute Gasteiger partial charge is 0.241 e. The maximum Gasteiger partial charge on any atom is 0.126 e. The van der Waals surface area contributed by atoms with Crippen molar-refractivity contribution in [2.24, 2.45) is 0 Å². The summed E-state index contributed by atoms with van der Waals surface area (Å²) in [5, 5.41) is 3.01. The van der Waals surface area contributed by atoms with E-state index in [2.05, 4.69) is 15.0 Å². The number of aromatic nitrogens is 3. The summed E-state index contributed by atoms with van der Waals surface area (Å²) in [5.41, 5.74) is 2.03. The van der Waals surface area contributed by atoms with Crippen LogP contribution in [0, 0.1) is 13.8 Å². The van der Waals surface area contributed by atoms with Crippen molar-refractivity contribution in [3.8, 4) is 10.6 Å². The van der Waals surface area contributed by atoms with Crippen molar-refractivity contribution in [2.75, 3.05) is 0 Å². The normalized spacial score (nSPS) is 10.3. The number of nitrogens with zero attached hydrogens (tertiary/aromatic N) is 3. The van der Waals surface area contributed by atoms with E-state index in [1.165, 1.54) is 0 Å². The van der Waals surface area contributed by atoms with E-state index in [9.17, 15) is 0 Å². The van der Waals surface area contributed by atoms with Crippen LogP contribution in [-0.2, 0) is 0 Å². The molecule has 0 radical (unpaired) electrons. The van der Waals surface area contributed by atoms with Gasteiger partial charge in [-0.2, -0.15) is 0 Å². The molecular weight excluding hydrogens is 182 g/mol. The van der Waals surface area contributed by atoms with Crippen molar-refractivity contribution in [3.63, 3.8) is 0 Å². The predicted octanol–water partition coefficient (Wildman–Crippen LogP) is 2.22. The summed E-state index contributed by atoms with van der Waals surface area (Å²) in [6.45, 7) is 3.85. The lowest BCUT2D eigenvalue weighted by Gasteiger charge is -1.94. The van der Waals surface area contributed by atoms with Crippen LogP contribution in [0.1, 0.15) is 11.5 Å². The average Bonchev–Trinajstić information content (AvgIpc) is 2.53. The molecule has 0 spiro atoms. The van der Waals surface area contributed by atoms with Crippen LogP contribution in [0.15, 0.2) is 17.8 Å². The van der Waals surface area contributed by atoms with Crippen molar-refractivity contribution in [1.82, 2.24) is 15.0 Å². The van der Waals surface area contributed by atoms with Crippen molar-refractivity contribution in [1.29, 1.82) is 0 Å². The van der Waals surface area contributed by atoms with Gasteiger partial charge >= 0.3 is 0 Å². The van der Waals surface area contributed by atoms with Gasteiger partial charge < -0.3 is 0 Å². The average molecular weight is 191 g/mol. The third-order valence-electron chi connectivity index (χ3n) is 1.65. The molecule has 0 N–H and O–H groups in total. The zero-order valence-corrected chi connectivity index (χ0v) is 8.30. The van der Waals surface area contributed by atoms with Crippen LogP contribution in [0.25, 0.3) is 10.6 Å². The maximum absolute atomic E-state index is 4.35. The molecule has 13 heavy (non-hydrogen) atoms. The molecule has 0 unspecified atom stereocenters. The highest BCUT2D eigenvalue weighted by Crippen LogP contribution is 2.21. The first-order chi connectivity index (χ1) is 6.25. The summed E-state index contributed by atoms with van der Waals surface area (Å²) in [6.07, 6.45) is 3.61. The third-order valence-corrected chi connectivity index (χ3v) is 2.66. The van der Waals surface area contributed by atoms with E-state index in [0.717, 1.165) is 22.1 Å². The Morgan fingerprint density at radius 2 is 1.85 bits per heavy atom. The van der Waals surface area contributed by atoms with Crippen LogP contribution >= 0.6 is 11.3 Å². The Morgan fingerprint density at radius 1 is 1.15 bits per heavy atom. The molecule has 2 rings (SSSR count). The predicted molar refractivity (Wildman–Crippen MR) is 52.6 cm³/mol. The minimum Gasteiger partial charge on any atom is -0.241 e. The summed E-state index contributed by atoms with van der Waals surface area (Å²) in [4.78, 5) is 12.6. The first-order valence-corrected chi connectivity index (χ1v) is 4.85. The number of thiazole rings is 1. The third kappa shape index (κ3) is 1.72. The zero-order chi connectivity index (χ0) is 9.26. The number of hydrogen-bond donors (Lipinski definition) is 0. The van der Waals surface area contributed by atoms with E-state index in [1.54, 1.807) is 23.7 Å². The van der Waals surface area contributed by atoms with Gasteiger partial charge in [-0.15, -0.1) is 11.3 Å². The SMILES string of the molecule is Cc1csc(-c2cnc(C)nc2)n1. The van der Waals surface area contributed by atoms with Gasteiger partial charge in [0.1, 0.15) is 10.8 Å². The highest BCUT2D eigenvalue weighted by atomic mass is 32.1. The van der Waals surface area contributed by atoms with Crippen LogP contribution in [0.4, 0.5) is 0 Å². The Labute approximate surface area is 80.5 Å². The zero-order valence-electron chi connectivity index (χ0n) is 7.48. The molecule has 0 saturated carbocycles. The summed E-state index contributed by atoms with van der Waals surface area (Å²) in [7, 11) is 0. The van der Waals surface area contributed by atoms with Crippen molar-refractivity contribution < 1.29 is 0 Å². The number of hydrogen-bond acceptors (Lipinski definition) is 4. The monoisotopic (exact) mass is 191 g/mol. The lowest BCUT2D eigenvalue weighted by atomic mass is 10.3. The van der Waals surface area contributed by atoms with Crippen molar-refractivity contribution in [3.05, 3.63) is 29.3 Å². The van der Waals surface area contributed by atoms with Gasteiger partial charge in [0.2, 0.25) is 0 Å². The van der Waals surface area contributed by atoms with Crippen LogP contribution in [-0.4, -0.2) is 15.0 Å². The Kier molecular flexibility index (Phi) is 2.06. The molecule has 0 aliphatic heterocycles. The van der Waals surface area contributed by atoms with E-state index in [1.807, 2.05) is 19.2 Å². The van der Waals surface area contributed by atoms with Gasteiger partial charge in [0.15, 0.2) is 0 Å². The first-order valence-electron chi connectivity index (χ1n) is 3.97. The molecule has 66 valence electrons. The molecule has 0 aromatic carbocycles. The van der Waals surface area contributed by atoms with Crippen LogP contribution in [0.3, 0.4) is 0 Å². The Bertz CT molecular complexity index is 405. The molecule has 0 aliphatic carbocycles. The fourth-order valence-electron chi connectivity index (χ4n) is 0.990. The molecule has 2 heterocycles. The molecule has 0 saturated heterocycles. The highest BCUT2D eigenvalue weighted by Gasteiger charge is 2.02. The molecule has 0 fully saturated rings. The Morgan fingerprint density at radius 3 is 2.38 bits per heavy atom. The quantitative estimate of drug-likeness (QED) is 0.693. The first kappa shape index (κ1) is 8.31. The lowest BCUT2D eigenvalue weighted by molar-refractivity contribution is 1.05. The minimum absolute atomic E-state index is 0.789. The summed E-state index contributed by atoms with van der Waals surface area (Å²) < 4.78 is 0. The topological polar surface area (TPSA) is 38.7 Å². The molecule has 2 aromatic rings. The second-order valence-electron chi connectivity index (χ2n) is 2.81. The number of aryl methyl sites for hydroxylation is 2. The van der Waals surface area contributed by atoms with Gasteiger partial charge in [-0.05, 0) is 13.8 Å². The van der Waals surface area contributed by atoms with Gasteiger partial charge in [0, 0.05) is 29.0 Å². The fraction of sp³-hybridized carbons (Fsp3) is 0.222. The van der Waals surface area contributed by atoms with Crippen LogP contribution in [0.2, 0.25) is 0 Å². The fourth-order valence-corrected chi connectivity index (χ4v) is 1.76. The van der Waals surface area contributed by atoms with E-state index in [-0.39, 0.29) is 0 Å². The Balaban J connectivity index is 2.41. The van der Waals surface area contributed by atoms with Gasteiger partial charge in [-0.3, -0.25) is 0 Å². The second-order valence-corrected chi connectivity index (χ2v) is 3.67. The summed E-state index contributed by atoms with van der Waals surface area (Å²) in [5.74, 6) is 0.789. The van der Waals surface area contributed by atoms with Crippen LogP contribution < -0.4 is 0 Å². The second kappa shape index (κ2) is 3.22. The maximum atomic E-state index is 4.35. The van der Waals surface area contributed by atoms with Crippen molar-refractivity contribution >= 4 is 11.3 Å². The molecule has 0 bridgehead atoms. The molecule has 4 heteroatoms. The van der Waals surface area contributed by atoms with E-state index < -0.39 is 0 Å². The summed E-state index contributed by atoms with van der Waals surface area (Å²) in [6, 6.07) is 0. The smallest absolute Gasteiger partial charge is 0.126 e. The molecule has 0 atom stereocenters. The van der Waals surface area contributed by atoms with Gasteiger partial charge in [-0.1, -0.05) is 0 Å². The van der Waals surface area contributed by atoms with Gasteiger partial charge in [0.05, 0.1) is 0 Å². The van der Waals surface area contributed by atoms with Gasteiger partial charge in [-0.25, -0.2) is 15.0 Å². The molecule has 0 amide bonds. The molecular formula is C9H9N3S. The summed E-state index contributed by atoms with van der Waals surface area (Å²) >= 11 is 1.62. The number of rotatable bonds is 1. The van der Waals surface area contributed by atoms with Crippen LogP contribution in [0.5, 0.6) is 0 Å². The molecule has 0 aliphatic rings. The van der Waals surface area contributed by atoms with E-state index >= 15 is 0 Å². The lowest BCUT2D eigenvalue weighted by Crippen LogP contribution is -1.86. The highest BCUT2D eigenvalue weighted by molar-refractivity contribution is 7.13. The van der Waals surface area contributed by atoms with Gasteiger partial charge in [0.25, 0.3) is 0 Å². The minimum atomic E-state index is 0.789. The standard InChI is InChI=1S/C9H9N3S/c1-6-5-13-9(12-6)8-3-10-7(2)11-4-8/h3-5H,1-2H3. The van der Waals surface area contributed by atoms with E-state index in [0.29, 0.717) is 0 Å².